The van der Waals surface area contributed by atoms with Crippen LogP contribution in [-0.4, -0.2) is 29.0 Å². The highest BCUT2D eigenvalue weighted by molar-refractivity contribution is 7.15. The van der Waals surface area contributed by atoms with Gasteiger partial charge in [0.25, 0.3) is 0 Å². The van der Waals surface area contributed by atoms with Gasteiger partial charge in [0.05, 0.1) is 5.52 Å². The summed E-state index contributed by atoms with van der Waals surface area (Å²) in [4.78, 5) is 22.4. The summed E-state index contributed by atoms with van der Waals surface area (Å²) in [5.41, 5.74) is 2.12. The first-order chi connectivity index (χ1) is 12.8. The first-order valence-electron chi connectivity index (χ1n) is 9.08. The van der Waals surface area contributed by atoms with Crippen LogP contribution >= 0.6 is 11.3 Å². The number of benzene rings is 1. The molecular weight excluding hydrogens is 344 g/mol. The summed E-state index contributed by atoms with van der Waals surface area (Å²) in [6, 6.07) is 10.0. The topological polar surface area (TPSA) is 66.9 Å². The molecule has 1 aliphatic rings. The Hall–Kier alpha value is -2.31. The number of carbonyl (C=O) groups is 1. The number of nitrogens with one attached hydrogen (secondary N) is 2. The lowest BCUT2D eigenvalue weighted by Gasteiger charge is -2.20. The monoisotopic (exact) mass is 366 g/mol. The zero-order valence-electron chi connectivity index (χ0n) is 14.6. The van der Waals surface area contributed by atoms with Crippen LogP contribution in [0.3, 0.4) is 0 Å². The molecule has 0 aliphatic carbocycles. The summed E-state index contributed by atoms with van der Waals surface area (Å²) in [6.45, 7) is 2.12. The Balaban J connectivity index is 1.36. The van der Waals surface area contributed by atoms with Gasteiger partial charge in [-0.25, -0.2) is 4.98 Å². The van der Waals surface area contributed by atoms with Crippen LogP contribution in [0.1, 0.15) is 35.6 Å². The number of amides is 1. The van der Waals surface area contributed by atoms with Gasteiger partial charge in [0.2, 0.25) is 5.91 Å². The molecule has 6 heteroatoms. The largest absolute Gasteiger partial charge is 0.317 e. The molecule has 0 spiro atoms. The predicted molar refractivity (Wildman–Crippen MR) is 106 cm³/mol. The minimum atomic E-state index is 0.0112. The van der Waals surface area contributed by atoms with Gasteiger partial charge in [-0.05, 0) is 56.0 Å². The highest BCUT2D eigenvalue weighted by Crippen LogP contribution is 2.31. The zero-order valence-corrected chi connectivity index (χ0v) is 15.4. The van der Waals surface area contributed by atoms with E-state index in [9.17, 15) is 4.79 Å². The van der Waals surface area contributed by atoms with Gasteiger partial charge in [0.1, 0.15) is 0 Å². The van der Waals surface area contributed by atoms with Crippen LogP contribution in [-0.2, 0) is 11.2 Å². The minimum absolute atomic E-state index is 0.0112. The predicted octanol–water partition coefficient (Wildman–Crippen LogP) is 3.73. The molecule has 4 rings (SSSR count). The SMILES string of the molecule is O=C(CCc1ccnc2ccccc12)Nc1ncc(C2CCNCC2)s1. The van der Waals surface area contributed by atoms with Gasteiger partial charge in [0.15, 0.2) is 5.13 Å². The molecule has 0 radical (unpaired) electrons. The molecule has 5 nitrogen and oxygen atoms in total. The molecule has 0 atom stereocenters. The normalized spacial score (nSPS) is 15.2. The fourth-order valence-corrected chi connectivity index (χ4v) is 4.44. The highest BCUT2D eigenvalue weighted by atomic mass is 32.1. The van der Waals surface area contributed by atoms with E-state index in [2.05, 4.69) is 26.7 Å². The van der Waals surface area contributed by atoms with Crippen molar-refractivity contribution in [2.24, 2.45) is 0 Å². The quantitative estimate of drug-likeness (QED) is 0.722. The molecule has 1 aliphatic heterocycles. The third-order valence-corrected chi connectivity index (χ3v) is 5.95. The number of aryl methyl sites for hydroxylation is 1. The summed E-state index contributed by atoms with van der Waals surface area (Å²) < 4.78 is 0. The van der Waals surface area contributed by atoms with Crippen molar-refractivity contribution in [3.8, 4) is 0 Å². The van der Waals surface area contributed by atoms with Gasteiger partial charge < -0.3 is 10.6 Å². The molecule has 1 saturated heterocycles. The Bertz CT molecular complexity index is 896. The van der Waals surface area contributed by atoms with Crippen molar-refractivity contribution in [1.29, 1.82) is 0 Å². The molecule has 3 aromatic rings. The standard InChI is InChI=1S/C20H22N4OS/c25-19(6-5-14-9-12-22-17-4-2-1-3-16(14)17)24-20-23-13-18(26-20)15-7-10-21-11-8-15/h1-4,9,12-13,15,21H,5-8,10-11H2,(H,23,24,25). The van der Waals surface area contributed by atoms with E-state index in [1.807, 2.05) is 36.7 Å². The van der Waals surface area contributed by atoms with Gasteiger partial charge in [-0.2, -0.15) is 0 Å². The number of hydrogen-bond acceptors (Lipinski definition) is 5. The third kappa shape index (κ3) is 3.92. The average molecular weight is 366 g/mol. The van der Waals surface area contributed by atoms with Gasteiger partial charge in [-0.1, -0.05) is 18.2 Å². The average Bonchev–Trinajstić information content (AvgIpc) is 3.15. The molecule has 1 amide bonds. The summed E-state index contributed by atoms with van der Waals surface area (Å²) in [5.74, 6) is 0.583. The molecule has 0 unspecified atom stereocenters. The number of rotatable bonds is 5. The lowest BCUT2D eigenvalue weighted by Crippen LogP contribution is -2.26. The number of nitrogens with zero attached hydrogens (tertiary/aromatic N) is 2. The summed E-state index contributed by atoms with van der Waals surface area (Å²) in [7, 11) is 0. The number of thiazole rings is 1. The number of aromatic nitrogens is 2. The van der Waals surface area contributed by atoms with Crippen LogP contribution < -0.4 is 10.6 Å². The molecule has 1 fully saturated rings. The summed E-state index contributed by atoms with van der Waals surface area (Å²) >= 11 is 1.61. The van der Waals surface area contributed by atoms with Crippen LogP contribution in [0.15, 0.2) is 42.7 Å². The number of pyridine rings is 1. The highest BCUT2D eigenvalue weighted by Gasteiger charge is 2.18. The maximum absolute atomic E-state index is 12.3. The van der Waals surface area contributed by atoms with Gasteiger partial charge >= 0.3 is 0 Å². The molecule has 2 aromatic heterocycles. The van der Waals surface area contributed by atoms with Crippen molar-refractivity contribution >= 4 is 33.3 Å². The maximum Gasteiger partial charge on any atom is 0.226 e. The molecule has 0 saturated carbocycles. The third-order valence-electron chi connectivity index (χ3n) is 4.87. The number of carbonyl (C=O) groups excluding carboxylic acids is 1. The van der Waals surface area contributed by atoms with E-state index in [4.69, 9.17) is 0 Å². The molecule has 0 bridgehead atoms. The first-order valence-corrected chi connectivity index (χ1v) is 9.90. The molecule has 26 heavy (non-hydrogen) atoms. The minimum Gasteiger partial charge on any atom is -0.317 e. The van der Waals surface area contributed by atoms with E-state index in [-0.39, 0.29) is 5.91 Å². The Morgan fingerprint density at radius 3 is 2.92 bits per heavy atom. The number of anilines is 1. The molecule has 134 valence electrons. The van der Waals surface area contributed by atoms with E-state index in [0.717, 1.165) is 42.4 Å². The van der Waals surface area contributed by atoms with Crippen LogP contribution in [0.25, 0.3) is 10.9 Å². The van der Waals surface area contributed by atoms with E-state index < -0.39 is 0 Å². The van der Waals surface area contributed by atoms with Crippen molar-refractivity contribution in [3.05, 3.63) is 53.2 Å². The van der Waals surface area contributed by atoms with E-state index in [1.54, 1.807) is 11.3 Å². The second-order valence-electron chi connectivity index (χ2n) is 6.63. The van der Waals surface area contributed by atoms with E-state index >= 15 is 0 Å². The summed E-state index contributed by atoms with van der Waals surface area (Å²) in [6.07, 6.45) is 7.15. The fraction of sp³-hybridized carbons (Fsp3) is 0.350. The van der Waals surface area contributed by atoms with Gasteiger partial charge in [-0.15, -0.1) is 11.3 Å². The lowest BCUT2D eigenvalue weighted by atomic mass is 9.97. The number of hydrogen-bond donors (Lipinski definition) is 2. The van der Waals surface area contributed by atoms with Crippen LogP contribution in [0.4, 0.5) is 5.13 Å². The van der Waals surface area contributed by atoms with Gasteiger partial charge in [0, 0.05) is 29.1 Å². The fourth-order valence-electron chi connectivity index (χ4n) is 3.44. The molecule has 3 heterocycles. The summed E-state index contributed by atoms with van der Waals surface area (Å²) in [5, 5.41) is 8.16. The Labute approximate surface area is 156 Å². The lowest BCUT2D eigenvalue weighted by molar-refractivity contribution is -0.116. The molecular formula is C20H22N4OS. The zero-order chi connectivity index (χ0) is 17.8. The number of fused-ring (bicyclic) bond motifs is 1. The first kappa shape index (κ1) is 17.1. The van der Waals surface area contributed by atoms with Crippen molar-refractivity contribution in [2.75, 3.05) is 18.4 Å². The molecule has 1 aromatic carbocycles. The van der Waals surface area contributed by atoms with E-state index in [0.29, 0.717) is 23.9 Å². The van der Waals surface area contributed by atoms with Crippen molar-refractivity contribution < 1.29 is 4.79 Å². The smallest absolute Gasteiger partial charge is 0.226 e. The van der Waals surface area contributed by atoms with Crippen LogP contribution in [0.2, 0.25) is 0 Å². The maximum atomic E-state index is 12.3. The van der Waals surface area contributed by atoms with Crippen LogP contribution in [0.5, 0.6) is 0 Å². The Morgan fingerprint density at radius 1 is 1.19 bits per heavy atom. The van der Waals surface area contributed by atoms with Crippen molar-refractivity contribution in [1.82, 2.24) is 15.3 Å². The Kier molecular flexibility index (Phi) is 5.22. The Morgan fingerprint density at radius 2 is 2.04 bits per heavy atom. The second kappa shape index (κ2) is 7.93. The van der Waals surface area contributed by atoms with Crippen molar-refractivity contribution in [2.45, 2.75) is 31.6 Å². The molecule has 2 N–H and O–H groups in total. The van der Waals surface area contributed by atoms with Crippen LogP contribution in [0, 0.1) is 0 Å². The van der Waals surface area contributed by atoms with Gasteiger partial charge in [-0.3, -0.25) is 9.78 Å². The second-order valence-corrected chi connectivity index (χ2v) is 7.69. The van der Waals surface area contributed by atoms with E-state index in [1.165, 1.54) is 4.88 Å². The van der Waals surface area contributed by atoms with Crippen molar-refractivity contribution in [3.63, 3.8) is 0 Å². The number of piperidine rings is 1. The number of para-hydroxylation sites is 1.